The highest BCUT2D eigenvalue weighted by Gasteiger charge is 2.35. The van der Waals surface area contributed by atoms with E-state index >= 15 is 0 Å². The zero-order valence-corrected chi connectivity index (χ0v) is 15.6. The molecule has 0 aromatic heterocycles. The molecule has 27 heavy (non-hydrogen) atoms. The second kappa shape index (κ2) is 6.88. The fourth-order valence-electron chi connectivity index (χ4n) is 3.96. The summed E-state index contributed by atoms with van der Waals surface area (Å²) in [5, 5.41) is 0. The molecule has 0 spiro atoms. The summed E-state index contributed by atoms with van der Waals surface area (Å²) in [6, 6.07) is 19.8. The second-order valence-electron chi connectivity index (χ2n) is 7.13. The fourth-order valence-corrected chi connectivity index (χ4v) is 3.96. The van der Waals surface area contributed by atoms with Crippen LogP contribution in [0.1, 0.15) is 37.8 Å². The molecule has 4 nitrogen and oxygen atoms in total. The van der Waals surface area contributed by atoms with Crippen LogP contribution in [0, 0.1) is 0 Å². The molecule has 2 amide bonds. The minimum absolute atomic E-state index is 0.0381. The highest BCUT2D eigenvalue weighted by atomic mass is 16.2. The lowest BCUT2D eigenvalue weighted by molar-refractivity contribution is -0.131. The lowest BCUT2D eigenvalue weighted by atomic mass is 10.1. The zero-order chi connectivity index (χ0) is 19.0. The largest absolute Gasteiger partial charge is 0.293 e. The van der Waals surface area contributed by atoms with Crippen LogP contribution in [0.4, 0.5) is 0 Å². The minimum atomic E-state index is 0.0381. The Morgan fingerprint density at radius 1 is 0.667 bits per heavy atom. The predicted molar refractivity (Wildman–Crippen MR) is 106 cm³/mol. The molecule has 4 heteroatoms. The van der Waals surface area contributed by atoms with E-state index in [1.54, 1.807) is 9.80 Å². The van der Waals surface area contributed by atoms with Crippen LogP contribution in [-0.4, -0.2) is 28.3 Å². The van der Waals surface area contributed by atoms with Crippen molar-refractivity contribution in [3.8, 4) is 0 Å². The SMILES string of the molecule is CC1=C(c2ccccc2)N(CN2C(=O)CC(C)=C2c2ccccc2)C(=O)C1. The van der Waals surface area contributed by atoms with Crippen LogP contribution in [0.15, 0.2) is 71.8 Å². The first-order chi connectivity index (χ1) is 13.1. The van der Waals surface area contributed by atoms with E-state index in [9.17, 15) is 9.59 Å². The normalized spacial score (nSPS) is 17.6. The smallest absolute Gasteiger partial charge is 0.232 e. The van der Waals surface area contributed by atoms with Crippen LogP contribution in [0.5, 0.6) is 0 Å². The van der Waals surface area contributed by atoms with Crippen LogP contribution in [0.3, 0.4) is 0 Å². The average molecular weight is 358 g/mol. The first-order valence-electron chi connectivity index (χ1n) is 9.17. The number of carbonyl (C=O) groups excluding carboxylic acids is 2. The first-order valence-corrected chi connectivity index (χ1v) is 9.17. The Labute approximate surface area is 159 Å². The van der Waals surface area contributed by atoms with Gasteiger partial charge in [0, 0.05) is 0 Å². The lowest BCUT2D eigenvalue weighted by Gasteiger charge is -2.29. The van der Waals surface area contributed by atoms with Crippen molar-refractivity contribution in [2.45, 2.75) is 26.7 Å². The maximum Gasteiger partial charge on any atom is 0.232 e. The molecule has 0 fully saturated rings. The summed E-state index contributed by atoms with van der Waals surface area (Å²) in [4.78, 5) is 28.9. The third kappa shape index (κ3) is 3.08. The van der Waals surface area contributed by atoms with E-state index in [-0.39, 0.29) is 18.5 Å². The van der Waals surface area contributed by atoms with Gasteiger partial charge in [0.2, 0.25) is 11.8 Å². The van der Waals surface area contributed by atoms with Gasteiger partial charge >= 0.3 is 0 Å². The maximum absolute atomic E-state index is 12.7. The summed E-state index contributed by atoms with van der Waals surface area (Å²) >= 11 is 0. The molecular weight excluding hydrogens is 336 g/mol. The number of rotatable bonds is 4. The molecule has 4 rings (SSSR count). The van der Waals surface area contributed by atoms with Crippen molar-refractivity contribution < 1.29 is 9.59 Å². The predicted octanol–water partition coefficient (Wildman–Crippen LogP) is 4.27. The third-order valence-electron chi connectivity index (χ3n) is 5.16. The van der Waals surface area contributed by atoms with E-state index in [1.165, 1.54) is 0 Å². The highest BCUT2D eigenvalue weighted by Crippen LogP contribution is 2.36. The van der Waals surface area contributed by atoms with Crippen molar-refractivity contribution in [2.75, 3.05) is 6.67 Å². The Morgan fingerprint density at radius 2 is 1.04 bits per heavy atom. The van der Waals surface area contributed by atoms with E-state index < -0.39 is 0 Å². The molecule has 2 aromatic rings. The van der Waals surface area contributed by atoms with Gasteiger partial charge in [-0.2, -0.15) is 0 Å². The van der Waals surface area contributed by atoms with Crippen LogP contribution < -0.4 is 0 Å². The molecule has 2 heterocycles. The Kier molecular flexibility index (Phi) is 4.40. The topological polar surface area (TPSA) is 40.6 Å². The first kappa shape index (κ1) is 17.3. The van der Waals surface area contributed by atoms with Crippen LogP contribution in [0.2, 0.25) is 0 Å². The average Bonchev–Trinajstić information content (AvgIpc) is 3.11. The molecule has 2 aromatic carbocycles. The Morgan fingerprint density at radius 3 is 1.41 bits per heavy atom. The molecule has 0 N–H and O–H groups in total. The van der Waals surface area contributed by atoms with Crippen molar-refractivity contribution in [3.05, 3.63) is 82.9 Å². The quantitative estimate of drug-likeness (QED) is 0.819. The summed E-state index contributed by atoms with van der Waals surface area (Å²) in [5.74, 6) is 0.0761. The van der Waals surface area contributed by atoms with Gasteiger partial charge in [-0.25, -0.2) is 0 Å². The van der Waals surface area contributed by atoms with Gasteiger partial charge in [-0.3, -0.25) is 19.4 Å². The van der Waals surface area contributed by atoms with Gasteiger partial charge in [-0.05, 0) is 36.1 Å². The van der Waals surface area contributed by atoms with Gasteiger partial charge in [0.25, 0.3) is 0 Å². The number of benzene rings is 2. The van der Waals surface area contributed by atoms with Gasteiger partial charge in [0.15, 0.2) is 0 Å². The van der Waals surface area contributed by atoms with Gasteiger partial charge < -0.3 is 0 Å². The number of hydrogen-bond donors (Lipinski definition) is 0. The van der Waals surface area contributed by atoms with E-state index in [2.05, 4.69) is 0 Å². The minimum Gasteiger partial charge on any atom is -0.293 e. The highest BCUT2D eigenvalue weighted by molar-refractivity contribution is 5.98. The standard InChI is InChI=1S/C23H22N2O2/c1-16-13-20(26)24(22(16)18-9-5-3-6-10-18)15-25-21(27)14-17(2)23(25)19-11-7-4-8-12-19/h3-12H,13-15H2,1-2H3. The van der Waals surface area contributed by atoms with E-state index in [4.69, 9.17) is 0 Å². The van der Waals surface area contributed by atoms with Crippen molar-refractivity contribution in [2.24, 2.45) is 0 Å². The number of hydrogen-bond acceptors (Lipinski definition) is 2. The molecule has 0 bridgehead atoms. The molecular formula is C23H22N2O2. The van der Waals surface area contributed by atoms with Gasteiger partial charge in [-0.1, -0.05) is 60.7 Å². The summed E-state index contributed by atoms with van der Waals surface area (Å²) in [5.41, 5.74) is 5.94. The van der Waals surface area contributed by atoms with Gasteiger partial charge in [0.1, 0.15) is 6.67 Å². The molecule has 2 aliphatic heterocycles. The van der Waals surface area contributed by atoms with Crippen molar-refractivity contribution >= 4 is 23.2 Å². The van der Waals surface area contributed by atoms with E-state index in [0.29, 0.717) is 12.8 Å². The fraction of sp³-hybridized carbons (Fsp3) is 0.217. The number of carbonyl (C=O) groups is 2. The zero-order valence-electron chi connectivity index (χ0n) is 15.6. The van der Waals surface area contributed by atoms with Gasteiger partial charge in [0.05, 0.1) is 24.2 Å². The number of nitrogens with zero attached hydrogens (tertiary/aromatic N) is 2. The molecule has 136 valence electrons. The monoisotopic (exact) mass is 358 g/mol. The van der Waals surface area contributed by atoms with Crippen molar-refractivity contribution in [3.63, 3.8) is 0 Å². The Bertz CT molecular complexity index is 879. The maximum atomic E-state index is 12.7. The molecule has 0 radical (unpaired) electrons. The Balaban J connectivity index is 1.69. The van der Waals surface area contributed by atoms with Crippen LogP contribution in [-0.2, 0) is 9.59 Å². The van der Waals surface area contributed by atoms with Crippen LogP contribution >= 0.6 is 0 Å². The van der Waals surface area contributed by atoms with Crippen LogP contribution in [0.25, 0.3) is 11.4 Å². The summed E-state index contributed by atoms with van der Waals surface area (Å²) in [6.07, 6.45) is 0.797. The molecule has 0 atom stereocenters. The van der Waals surface area contributed by atoms with Crippen molar-refractivity contribution in [1.29, 1.82) is 0 Å². The molecule has 0 unspecified atom stereocenters. The summed E-state index contributed by atoms with van der Waals surface area (Å²) in [6.45, 7) is 4.23. The molecule has 2 aliphatic rings. The van der Waals surface area contributed by atoms with E-state index in [1.807, 2.05) is 74.5 Å². The summed E-state index contributed by atoms with van der Waals surface area (Å²) < 4.78 is 0. The lowest BCUT2D eigenvalue weighted by Crippen LogP contribution is -2.38. The third-order valence-corrected chi connectivity index (χ3v) is 5.16. The van der Waals surface area contributed by atoms with Crippen molar-refractivity contribution in [1.82, 2.24) is 9.80 Å². The molecule has 0 saturated heterocycles. The Hall–Kier alpha value is -3.14. The molecule has 0 saturated carbocycles. The van der Waals surface area contributed by atoms with Gasteiger partial charge in [-0.15, -0.1) is 0 Å². The molecule has 0 aliphatic carbocycles. The van der Waals surface area contributed by atoms with E-state index in [0.717, 1.165) is 33.7 Å². The number of amides is 2. The summed E-state index contributed by atoms with van der Waals surface area (Å²) in [7, 11) is 0. The second-order valence-corrected chi connectivity index (χ2v) is 7.13.